The molecule has 2 amide bonds. The van der Waals surface area contributed by atoms with Crippen LogP contribution in [0.15, 0.2) is 42.6 Å². The van der Waals surface area contributed by atoms with E-state index >= 15 is 0 Å². The Balaban J connectivity index is 1.63. The van der Waals surface area contributed by atoms with Gasteiger partial charge in [-0.05, 0) is 63.4 Å². The second kappa shape index (κ2) is 9.00. The summed E-state index contributed by atoms with van der Waals surface area (Å²) in [6.45, 7) is 7.14. The van der Waals surface area contributed by atoms with Gasteiger partial charge in [-0.15, -0.1) is 0 Å². The number of hydrogen-bond acceptors (Lipinski definition) is 4. The van der Waals surface area contributed by atoms with Gasteiger partial charge >= 0.3 is 0 Å². The molecule has 1 fully saturated rings. The number of non-ortho nitro benzene ring substituents is 1. The molecule has 0 saturated heterocycles. The van der Waals surface area contributed by atoms with Crippen molar-refractivity contribution in [3.63, 3.8) is 0 Å². The van der Waals surface area contributed by atoms with Crippen LogP contribution in [0, 0.1) is 16.0 Å². The molecule has 1 aromatic heterocycles. The number of nitro benzene ring substituents is 1. The molecule has 1 atom stereocenters. The smallest absolute Gasteiger partial charge is 0.269 e. The number of aromatic nitrogens is 1. The van der Waals surface area contributed by atoms with Crippen molar-refractivity contribution >= 4 is 17.5 Å². The zero-order valence-electron chi connectivity index (χ0n) is 19.6. The first-order valence-corrected chi connectivity index (χ1v) is 11.7. The third-order valence-corrected chi connectivity index (χ3v) is 6.85. The minimum Gasteiger partial charge on any atom is -0.348 e. The van der Waals surface area contributed by atoms with Crippen molar-refractivity contribution in [2.45, 2.75) is 64.6 Å². The van der Waals surface area contributed by atoms with E-state index in [1.165, 1.54) is 12.1 Å². The molecule has 2 heterocycles. The van der Waals surface area contributed by atoms with Crippen LogP contribution >= 0.6 is 0 Å². The van der Waals surface area contributed by atoms with Crippen molar-refractivity contribution in [1.82, 2.24) is 14.4 Å². The fourth-order valence-corrected chi connectivity index (χ4v) is 5.05. The van der Waals surface area contributed by atoms with Crippen LogP contribution in [-0.4, -0.2) is 49.7 Å². The lowest BCUT2D eigenvalue weighted by molar-refractivity contribution is -0.384. The molecule has 1 aliphatic carbocycles. The maximum Gasteiger partial charge on any atom is 0.269 e. The Bertz CT molecular complexity index is 1030. The van der Waals surface area contributed by atoms with Gasteiger partial charge in [0.2, 0.25) is 11.8 Å². The van der Waals surface area contributed by atoms with E-state index in [0.29, 0.717) is 13.1 Å². The fraction of sp³-hybridized carbons (Fsp3) is 0.520. The highest BCUT2D eigenvalue weighted by Gasteiger charge is 2.38. The van der Waals surface area contributed by atoms with Crippen LogP contribution < -0.4 is 0 Å². The molecule has 0 spiro atoms. The standard InChI is InChI=1S/C25H32N4O4/c1-25(2,3)28(24(31)19-7-4-5-8-19)17-22(30)27-16-15-26-14-6-9-21(26)23(27)18-10-12-20(13-11-18)29(32)33/h6,9-14,19,23H,4-5,7-8,15-17H2,1-3H3/t23-/m0/s1. The third kappa shape index (κ3) is 4.65. The van der Waals surface area contributed by atoms with E-state index in [1.54, 1.807) is 17.0 Å². The predicted octanol–water partition coefficient (Wildman–Crippen LogP) is 4.15. The van der Waals surface area contributed by atoms with Gasteiger partial charge in [0.05, 0.1) is 11.0 Å². The molecule has 8 nitrogen and oxygen atoms in total. The zero-order valence-corrected chi connectivity index (χ0v) is 19.6. The van der Waals surface area contributed by atoms with Crippen molar-refractivity contribution in [3.05, 3.63) is 64.0 Å². The maximum atomic E-state index is 13.7. The largest absolute Gasteiger partial charge is 0.348 e. The van der Waals surface area contributed by atoms with Crippen molar-refractivity contribution in [2.24, 2.45) is 5.92 Å². The number of nitrogens with zero attached hydrogens (tertiary/aromatic N) is 4. The Kier molecular flexibility index (Phi) is 6.28. The van der Waals surface area contributed by atoms with Gasteiger partial charge in [-0.2, -0.15) is 0 Å². The molecule has 2 aromatic rings. The highest BCUT2D eigenvalue weighted by Crippen LogP contribution is 2.34. The van der Waals surface area contributed by atoms with E-state index in [0.717, 1.165) is 36.9 Å². The highest BCUT2D eigenvalue weighted by molar-refractivity contribution is 5.87. The Morgan fingerprint density at radius 3 is 2.36 bits per heavy atom. The number of carbonyl (C=O) groups is 2. The summed E-state index contributed by atoms with van der Waals surface area (Å²) >= 11 is 0. The molecular weight excluding hydrogens is 420 g/mol. The minimum absolute atomic E-state index is 0.00100. The number of carbonyl (C=O) groups excluding carboxylic acids is 2. The summed E-state index contributed by atoms with van der Waals surface area (Å²) in [6.07, 6.45) is 5.90. The van der Waals surface area contributed by atoms with Crippen molar-refractivity contribution in [2.75, 3.05) is 13.1 Å². The van der Waals surface area contributed by atoms with Crippen LogP contribution in [0.2, 0.25) is 0 Å². The SMILES string of the molecule is CC(C)(C)N(CC(=O)N1CCn2cccc2[C@@H]1c1ccc([N+](=O)[O-])cc1)C(=O)C1CCCC1. The summed E-state index contributed by atoms with van der Waals surface area (Å²) in [7, 11) is 0. The molecular formula is C25H32N4O4. The fourth-order valence-electron chi connectivity index (χ4n) is 5.05. The number of hydrogen-bond donors (Lipinski definition) is 0. The van der Waals surface area contributed by atoms with Crippen LogP contribution in [0.5, 0.6) is 0 Å². The number of benzene rings is 1. The van der Waals surface area contributed by atoms with Gasteiger partial charge < -0.3 is 14.4 Å². The maximum absolute atomic E-state index is 13.7. The van der Waals surface area contributed by atoms with Gasteiger partial charge in [-0.3, -0.25) is 19.7 Å². The second-order valence-corrected chi connectivity index (χ2v) is 10.0. The zero-order chi connectivity index (χ0) is 23.8. The monoisotopic (exact) mass is 452 g/mol. The Labute approximate surface area is 194 Å². The number of nitro groups is 1. The first-order chi connectivity index (χ1) is 15.7. The number of rotatable bonds is 5. The van der Waals surface area contributed by atoms with Gasteiger partial charge in [0.1, 0.15) is 6.54 Å². The molecule has 0 N–H and O–H groups in total. The molecule has 1 aliphatic heterocycles. The Morgan fingerprint density at radius 2 is 1.76 bits per heavy atom. The average Bonchev–Trinajstić information content (AvgIpc) is 3.47. The van der Waals surface area contributed by atoms with Gasteiger partial charge in [-0.1, -0.05) is 12.8 Å². The van der Waals surface area contributed by atoms with Crippen LogP contribution in [-0.2, 0) is 16.1 Å². The number of fused-ring (bicyclic) bond motifs is 1. The number of amides is 2. The lowest BCUT2D eigenvalue weighted by atomic mass is 9.98. The van der Waals surface area contributed by atoms with Crippen LogP contribution in [0.3, 0.4) is 0 Å². The van der Waals surface area contributed by atoms with Gasteiger partial charge in [-0.25, -0.2) is 0 Å². The first-order valence-electron chi connectivity index (χ1n) is 11.7. The molecule has 33 heavy (non-hydrogen) atoms. The summed E-state index contributed by atoms with van der Waals surface area (Å²) in [5.74, 6) is -0.0335. The molecule has 0 unspecified atom stereocenters. The molecule has 1 aromatic carbocycles. The summed E-state index contributed by atoms with van der Waals surface area (Å²) in [6, 6.07) is 9.97. The van der Waals surface area contributed by atoms with E-state index in [1.807, 2.05) is 44.0 Å². The third-order valence-electron chi connectivity index (χ3n) is 6.85. The quantitative estimate of drug-likeness (QED) is 0.504. The van der Waals surface area contributed by atoms with E-state index in [4.69, 9.17) is 0 Å². The van der Waals surface area contributed by atoms with Gasteiger partial charge in [0.15, 0.2) is 0 Å². The lowest BCUT2D eigenvalue weighted by Crippen LogP contribution is -2.54. The molecule has 2 aliphatic rings. The summed E-state index contributed by atoms with van der Waals surface area (Å²) in [4.78, 5) is 41.2. The predicted molar refractivity (Wildman–Crippen MR) is 125 cm³/mol. The average molecular weight is 453 g/mol. The summed E-state index contributed by atoms with van der Waals surface area (Å²) in [5.41, 5.74) is 1.34. The molecule has 176 valence electrons. The second-order valence-electron chi connectivity index (χ2n) is 10.0. The Hall–Kier alpha value is -3.16. The molecule has 8 heteroatoms. The molecule has 4 rings (SSSR count). The molecule has 0 bridgehead atoms. The highest BCUT2D eigenvalue weighted by atomic mass is 16.6. The van der Waals surface area contributed by atoms with E-state index in [-0.39, 0.29) is 36.0 Å². The summed E-state index contributed by atoms with van der Waals surface area (Å²) in [5, 5.41) is 11.1. The minimum atomic E-state index is -0.464. The summed E-state index contributed by atoms with van der Waals surface area (Å²) < 4.78 is 2.11. The Morgan fingerprint density at radius 1 is 1.09 bits per heavy atom. The van der Waals surface area contributed by atoms with Crippen LogP contribution in [0.4, 0.5) is 5.69 Å². The van der Waals surface area contributed by atoms with E-state index in [9.17, 15) is 19.7 Å². The van der Waals surface area contributed by atoms with Crippen LogP contribution in [0.1, 0.15) is 63.8 Å². The van der Waals surface area contributed by atoms with Crippen molar-refractivity contribution in [1.29, 1.82) is 0 Å². The normalized spacial score (nSPS) is 18.8. The molecule has 1 saturated carbocycles. The van der Waals surface area contributed by atoms with Crippen molar-refractivity contribution in [3.8, 4) is 0 Å². The van der Waals surface area contributed by atoms with Crippen LogP contribution in [0.25, 0.3) is 0 Å². The van der Waals surface area contributed by atoms with E-state index in [2.05, 4.69) is 4.57 Å². The first kappa shape index (κ1) is 23.0. The van der Waals surface area contributed by atoms with Crippen molar-refractivity contribution < 1.29 is 14.5 Å². The van der Waals surface area contributed by atoms with Gasteiger partial charge in [0, 0.05) is 48.6 Å². The van der Waals surface area contributed by atoms with E-state index < -0.39 is 10.5 Å². The lowest BCUT2D eigenvalue weighted by Gasteiger charge is -2.41. The van der Waals surface area contributed by atoms with Gasteiger partial charge in [0.25, 0.3) is 5.69 Å². The molecule has 0 radical (unpaired) electrons. The topological polar surface area (TPSA) is 88.7 Å².